The van der Waals surface area contributed by atoms with Gasteiger partial charge in [0.15, 0.2) is 16.8 Å². The highest BCUT2D eigenvalue weighted by Gasteiger charge is 2.32. The van der Waals surface area contributed by atoms with Crippen molar-refractivity contribution in [2.24, 2.45) is 5.73 Å². The molecule has 3 heterocycles. The van der Waals surface area contributed by atoms with E-state index in [1.54, 1.807) is 6.20 Å². The summed E-state index contributed by atoms with van der Waals surface area (Å²) in [5, 5.41) is 6.20. The number of thiazole rings is 1. The van der Waals surface area contributed by atoms with Crippen molar-refractivity contribution in [3.05, 3.63) is 23.1 Å². The second-order valence-corrected chi connectivity index (χ2v) is 7.48. The van der Waals surface area contributed by atoms with Gasteiger partial charge in [-0.2, -0.15) is 0 Å². The number of carbonyl (C=O) groups excluding carboxylic acids is 1. The smallest absolute Gasteiger partial charge is 0.254 e. The van der Waals surface area contributed by atoms with E-state index in [4.69, 9.17) is 11.5 Å². The van der Waals surface area contributed by atoms with Crippen molar-refractivity contribution in [1.29, 1.82) is 0 Å². The minimum atomic E-state index is -0.493. The van der Waals surface area contributed by atoms with Crippen molar-refractivity contribution < 1.29 is 9.18 Å². The molecular formula is C16H19FN6OS. The normalized spacial score (nSPS) is 22.6. The van der Waals surface area contributed by atoms with Crippen molar-refractivity contribution in [2.75, 3.05) is 11.1 Å². The summed E-state index contributed by atoms with van der Waals surface area (Å²) in [5.41, 5.74) is 12.9. The number of amides is 1. The number of hydrogen-bond acceptors (Lipinski definition) is 7. The van der Waals surface area contributed by atoms with Crippen LogP contribution in [-0.4, -0.2) is 28.0 Å². The molecule has 1 fully saturated rings. The van der Waals surface area contributed by atoms with Crippen LogP contribution in [-0.2, 0) is 6.54 Å². The Balaban J connectivity index is 1.79. The summed E-state index contributed by atoms with van der Waals surface area (Å²) in [6.07, 6.45) is 5.48. The van der Waals surface area contributed by atoms with Crippen LogP contribution in [0.4, 0.5) is 15.3 Å². The highest BCUT2D eigenvalue weighted by Crippen LogP contribution is 2.36. The van der Waals surface area contributed by atoms with Gasteiger partial charge >= 0.3 is 0 Å². The first-order valence-electron chi connectivity index (χ1n) is 8.29. The lowest BCUT2D eigenvalue weighted by Crippen LogP contribution is -2.43. The van der Waals surface area contributed by atoms with E-state index in [0.717, 1.165) is 25.7 Å². The van der Waals surface area contributed by atoms with Crippen molar-refractivity contribution in [3.8, 4) is 10.6 Å². The lowest BCUT2D eigenvalue weighted by Gasteiger charge is -2.30. The third kappa shape index (κ3) is 2.83. The SMILES string of the molecule is Nc1ncc(-c2nc(N[C@@H]3CCCC[C@@H]3N)c(F)c3c2C(=O)NC3)s1. The Kier molecular flexibility index (Phi) is 4.04. The van der Waals surface area contributed by atoms with Gasteiger partial charge < -0.3 is 22.1 Å². The van der Waals surface area contributed by atoms with Crippen LogP contribution in [0.5, 0.6) is 0 Å². The standard InChI is InChI=1S/C16H19FN6OS/c17-12-7-5-20-15(24)11(7)13(10-6-21-16(19)25-10)23-14(12)22-9-4-2-1-3-8(9)18/h6,8-9H,1-5,18H2,(H2,19,21)(H,20,24)(H,22,23)/t8-,9+/m0/s1. The molecule has 2 atom stereocenters. The first kappa shape index (κ1) is 16.2. The summed E-state index contributed by atoms with van der Waals surface area (Å²) in [7, 11) is 0. The molecule has 4 rings (SSSR count). The third-order valence-corrected chi connectivity index (χ3v) is 5.62. The average Bonchev–Trinajstić information content (AvgIpc) is 3.19. The number of nitrogens with one attached hydrogen (secondary N) is 2. The lowest BCUT2D eigenvalue weighted by atomic mass is 9.91. The van der Waals surface area contributed by atoms with Gasteiger partial charge in [-0.25, -0.2) is 14.4 Å². The topological polar surface area (TPSA) is 119 Å². The number of nitrogen functional groups attached to an aromatic ring is 1. The number of aromatic nitrogens is 2. The third-order valence-electron chi connectivity index (χ3n) is 4.79. The minimum absolute atomic E-state index is 0.0294. The van der Waals surface area contributed by atoms with Crippen molar-refractivity contribution in [1.82, 2.24) is 15.3 Å². The molecule has 25 heavy (non-hydrogen) atoms. The molecule has 0 bridgehead atoms. The molecule has 132 valence electrons. The molecular weight excluding hydrogens is 343 g/mol. The van der Waals surface area contributed by atoms with Crippen LogP contribution in [0.25, 0.3) is 10.6 Å². The van der Waals surface area contributed by atoms with Crippen molar-refractivity contribution in [3.63, 3.8) is 0 Å². The zero-order valence-electron chi connectivity index (χ0n) is 13.5. The molecule has 1 aliphatic carbocycles. The zero-order chi connectivity index (χ0) is 17.6. The van der Waals surface area contributed by atoms with E-state index in [9.17, 15) is 9.18 Å². The molecule has 6 N–H and O–H groups in total. The first-order valence-corrected chi connectivity index (χ1v) is 9.10. The molecule has 0 unspecified atom stereocenters. The Morgan fingerprint density at radius 2 is 2.16 bits per heavy atom. The van der Waals surface area contributed by atoms with Gasteiger partial charge in [0, 0.05) is 30.4 Å². The van der Waals surface area contributed by atoms with E-state index in [-0.39, 0.29) is 35.9 Å². The molecule has 0 aromatic carbocycles. The maximum atomic E-state index is 14.9. The van der Waals surface area contributed by atoms with E-state index in [1.165, 1.54) is 11.3 Å². The van der Waals surface area contributed by atoms with E-state index < -0.39 is 5.82 Å². The predicted octanol–water partition coefficient (Wildman–Crippen LogP) is 1.85. The number of rotatable bonds is 3. The fourth-order valence-electron chi connectivity index (χ4n) is 3.47. The average molecular weight is 362 g/mol. The molecule has 2 aromatic heterocycles. The van der Waals surface area contributed by atoms with E-state index in [0.29, 0.717) is 21.3 Å². The molecule has 1 saturated carbocycles. The number of carbonyl (C=O) groups is 1. The monoisotopic (exact) mass is 362 g/mol. The molecule has 7 nitrogen and oxygen atoms in total. The number of halogens is 1. The highest BCUT2D eigenvalue weighted by molar-refractivity contribution is 7.18. The van der Waals surface area contributed by atoms with Crippen LogP contribution in [0.3, 0.4) is 0 Å². The largest absolute Gasteiger partial charge is 0.375 e. The van der Waals surface area contributed by atoms with Crippen LogP contribution in [0, 0.1) is 5.82 Å². The quantitative estimate of drug-likeness (QED) is 0.662. The van der Waals surface area contributed by atoms with Gasteiger partial charge in [0.25, 0.3) is 5.91 Å². The number of anilines is 2. The highest BCUT2D eigenvalue weighted by atomic mass is 32.1. The van der Waals surface area contributed by atoms with Gasteiger partial charge in [-0.05, 0) is 12.8 Å². The van der Waals surface area contributed by atoms with Gasteiger partial charge in [-0.3, -0.25) is 4.79 Å². The Morgan fingerprint density at radius 3 is 2.88 bits per heavy atom. The van der Waals surface area contributed by atoms with Crippen molar-refractivity contribution in [2.45, 2.75) is 44.3 Å². The fraction of sp³-hybridized carbons (Fsp3) is 0.438. The molecule has 2 aliphatic rings. The molecule has 0 spiro atoms. The maximum Gasteiger partial charge on any atom is 0.254 e. The Bertz CT molecular complexity index is 838. The molecule has 9 heteroatoms. The lowest BCUT2D eigenvalue weighted by molar-refractivity contribution is 0.0966. The predicted molar refractivity (Wildman–Crippen MR) is 94.7 cm³/mol. The fourth-order valence-corrected chi connectivity index (χ4v) is 4.15. The van der Waals surface area contributed by atoms with Gasteiger partial charge in [0.05, 0.1) is 16.1 Å². The van der Waals surface area contributed by atoms with Gasteiger partial charge in [-0.1, -0.05) is 24.2 Å². The first-order chi connectivity index (χ1) is 12.0. The van der Waals surface area contributed by atoms with E-state index >= 15 is 0 Å². The summed E-state index contributed by atoms with van der Waals surface area (Å²) in [5.74, 6) is -0.684. The summed E-state index contributed by atoms with van der Waals surface area (Å²) >= 11 is 1.22. The molecule has 0 saturated heterocycles. The summed E-state index contributed by atoms with van der Waals surface area (Å²) < 4.78 is 14.9. The zero-order valence-corrected chi connectivity index (χ0v) is 14.3. The van der Waals surface area contributed by atoms with Crippen LogP contribution in [0.15, 0.2) is 6.20 Å². The number of hydrogen-bond donors (Lipinski definition) is 4. The Labute approximate surface area is 148 Å². The van der Waals surface area contributed by atoms with Crippen LogP contribution < -0.4 is 22.1 Å². The second-order valence-electron chi connectivity index (χ2n) is 6.42. The summed E-state index contributed by atoms with van der Waals surface area (Å²) in [4.78, 5) is 21.2. The molecule has 2 aromatic rings. The minimum Gasteiger partial charge on any atom is -0.375 e. The maximum absolute atomic E-state index is 14.9. The summed E-state index contributed by atoms with van der Waals surface area (Å²) in [6, 6.07) is -0.0660. The van der Waals surface area contributed by atoms with Gasteiger partial charge in [0.1, 0.15) is 0 Å². The van der Waals surface area contributed by atoms with Crippen LogP contribution >= 0.6 is 11.3 Å². The van der Waals surface area contributed by atoms with E-state index in [2.05, 4.69) is 20.6 Å². The Hall–Kier alpha value is -2.26. The summed E-state index contributed by atoms with van der Waals surface area (Å²) in [6.45, 7) is 0.148. The number of nitrogens with two attached hydrogens (primary N) is 2. The Morgan fingerprint density at radius 1 is 1.36 bits per heavy atom. The molecule has 1 aliphatic heterocycles. The van der Waals surface area contributed by atoms with Crippen LogP contribution in [0.1, 0.15) is 41.6 Å². The van der Waals surface area contributed by atoms with Gasteiger partial charge in [-0.15, -0.1) is 0 Å². The molecule has 1 amide bonds. The number of fused-ring (bicyclic) bond motifs is 1. The second kappa shape index (κ2) is 6.23. The molecule has 0 radical (unpaired) electrons. The van der Waals surface area contributed by atoms with E-state index in [1.807, 2.05) is 0 Å². The number of nitrogens with zero attached hydrogens (tertiary/aromatic N) is 2. The number of pyridine rings is 1. The van der Waals surface area contributed by atoms with Crippen LogP contribution in [0.2, 0.25) is 0 Å². The van der Waals surface area contributed by atoms with Gasteiger partial charge in [0.2, 0.25) is 0 Å². The van der Waals surface area contributed by atoms with Crippen molar-refractivity contribution >= 4 is 28.2 Å².